The third-order valence-corrected chi connectivity index (χ3v) is 1.66. The molecule has 1 aromatic carbocycles. The van der Waals surface area contributed by atoms with Gasteiger partial charge < -0.3 is 0 Å². The lowest BCUT2D eigenvalue weighted by Gasteiger charge is -1.94. The van der Waals surface area contributed by atoms with Gasteiger partial charge in [-0.05, 0) is 8.78 Å². The fraction of sp³-hybridized carbons (Fsp3) is 0.250. The molecule has 0 aromatic heterocycles. The molecule has 0 atom stereocenters. The summed E-state index contributed by atoms with van der Waals surface area (Å²) in [4.78, 5) is 3.75. The monoisotopic (exact) mass is 265 g/mol. The summed E-state index contributed by atoms with van der Waals surface area (Å²) >= 11 is 1.76. The van der Waals surface area contributed by atoms with Crippen molar-refractivity contribution in [2.45, 2.75) is 6.42 Å². The molecule has 0 unspecified atom stereocenters. The minimum Gasteiger partial charge on any atom is -0.240 e. The van der Waals surface area contributed by atoms with Crippen LogP contribution < -0.4 is 0 Å². The molecule has 0 aliphatic rings. The van der Waals surface area contributed by atoms with Crippen LogP contribution in [0.2, 0.25) is 0 Å². The summed E-state index contributed by atoms with van der Waals surface area (Å²) in [6.07, 6.45) is 0.948. The van der Waals surface area contributed by atoms with Crippen LogP contribution in [0.3, 0.4) is 0 Å². The number of hydrogen-bond acceptors (Lipinski definition) is 1. The molecule has 0 radical (unpaired) electrons. The number of rotatable bonds is 4. The van der Waals surface area contributed by atoms with E-state index in [0.29, 0.717) is 0 Å². The average molecular weight is 265 g/mol. The van der Waals surface area contributed by atoms with Gasteiger partial charge in [0.05, 0.1) is 0 Å². The van der Waals surface area contributed by atoms with Gasteiger partial charge in [-0.3, -0.25) is 0 Å². The molecule has 60 valence electrons. The Kier molecular flexibility index (Phi) is 4.49. The Hall–Kier alpha value is -0.130. The first-order valence-corrected chi connectivity index (χ1v) is 4.30. The van der Waals surface area contributed by atoms with E-state index in [-0.39, 0.29) is 0 Å². The normalized spacial score (nSPS) is 9.91. The van der Waals surface area contributed by atoms with Gasteiger partial charge in [-0.1, -0.05) is 30.3 Å². The van der Waals surface area contributed by atoms with Crippen LogP contribution >= 0.6 is 23.0 Å². The third-order valence-electron chi connectivity index (χ3n) is 1.38. The van der Waals surface area contributed by atoms with Gasteiger partial charge in [0.15, 0.2) is 6.61 Å². The van der Waals surface area contributed by atoms with E-state index in [0.717, 1.165) is 13.0 Å². The largest absolute Gasteiger partial charge is 0.240 e. The molecule has 0 spiro atoms. The smallest absolute Gasteiger partial charge is 0.217 e. The van der Waals surface area contributed by atoms with Crippen LogP contribution in [0.5, 0.6) is 0 Å². The standard InChI is InChI=1S/C8H9IO2/c9-11-10-7-6-8-4-2-1-3-5-8/h1-5H,6-7H2/p+1. The maximum Gasteiger partial charge on any atom is 0.217 e. The lowest BCUT2D eigenvalue weighted by atomic mass is 10.2. The zero-order valence-electron chi connectivity index (χ0n) is 6.03. The minimum absolute atomic E-state index is 0.729. The molecule has 0 fully saturated rings. The lowest BCUT2D eigenvalue weighted by Crippen LogP contribution is -1.99. The van der Waals surface area contributed by atoms with Gasteiger partial charge in [0.1, 0.15) is 0 Å². The van der Waals surface area contributed by atoms with Gasteiger partial charge in [-0.25, -0.2) is 4.89 Å². The Balaban J connectivity index is 2.28. The number of benzene rings is 1. The van der Waals surface area contributed by atoms with Gasteiger partial charge in [-0.2, -0.15) is 0 Å². The molecule has 0 saturated heterocycles. The van der Waals surface area contributed by atoms with Crippen molar-refractivity contribution in [1.82, 2.24) is 0 Å². The fourth-order valence-corrected chi connectivity index (χ4v) is 1.05. The molecule has 1 rings (SSSR count). The molecule has 0 heterocycles. The van der Waals surface area contributed by atoms with E-state index < -0.39 is 0 Å². The van der Waals surface area contributed by atoms with Crippen molar-refractivity contribution in [2.24, 2.45) is 0 Å². The molecule has 0 saturated carbocycles. The van der Waals surface area contributed by atoms with E-state index in [9.17, 15) is 0 Å². The Morgan fingerprint density at radius 2 is 2.00 bits per heavy atom. The van der Waals surface area contributed by atoms with Crippen molar-refractivity contribution in [3.63, 3.8) is 0 Å². The molecule has 0 aliphatic carbocycles. The summed E-state index contributed by atoms with van der Waals surface area (Å²) in [5, 5.41) is 0. The van der Waals surface area contributed by atoms with Crippen molar-refractivity contribution in [1.29, 1.82) is 0 Å². The summed E-state index contributed by atoms with van der Waals surface area (Å²) in [6.45, 7) is 0.729. The fourth-order valence-electron chi connectivity index (χ4n) is 0.854. The highest BCUT2D eigenvalue weighted by Crippen LogP contribution is 1.99. The van der Waals surface area contributed by atoms with Crippen LogP contribution in [0.25, 0.3) is 0 Å². The lowest BCUT2D eigenvalue weighted by molar-refractivity contribution is -0.307. The van der Waals surface area contributed by atoms with Crippen molar-refractivity contribution in [2.75, 3.05) is 6.61 Å². The molecule has 1 aromatic rings. The first kappa shape index (κ1) is 8.96. The Morgan fingerprint density at radius 1 is 1.27 bits per heavy atom. The number of hydrogen-bond donors (Lipinski definition) is 0. The van der Waals surface area contributed by atoms with Gasteiger partial charge in [-0.15, -0.1) is 0 Å². The summed E-state index contributed by atoms with van der Waals surface area (Å²) in [7, 11) is 0. The van der Waals surface area contributed by atoms with Gasteiger partial charge in [0, 0.05) is 6.42 Å². The number of halogens is 1. The minimum atomic E-state index is 0.729. The predicted octanol–water partition coefficient (Wildman–Crippen LogP) is 2.04. The van der Waals surface area contributed by atoms with E-state index in [1.54, 1.807) is 23.0 Å². The Morgan fingerprint density at radius 3 is 2.64 bits per heavy atom. The highest BCUT2D eigenvalue weighted by molar-refractivity contribution is 14.1. The Labute approximate surface area is 80.1 Å². The van der Waals surface area contributed by atoms with Crippen molar-refractivity contribution in [3.8, 4) is 0 Å². The molecule has 3 heteroatoms. The molecule has 1 N–H and O–H groups in total. The van der Waals surface area contributed by atoms with E-state index >= 15 is 0 Å². The van der Waals surface area contributed by atoms with Crippen LogP contribution in [0.4, 0.5) is 0 Å². The SMILES string of the molecule is IO[OH+]CCc1ccccc1. The van der Waals surface area contributed by atoms with E-state index in [1.165, 1.54) is 5.56 Å². The van der Waals surface area contributed by atoms with Crippen molar-refractivity contribution >= 4 is 23.0 Å². The Bertz CT molecular complexity index is 189. The maximum atomic E-state index is 4.56. The second-order valence-corrected chi connectivity index (χ2v) is 2.55. The van der Waals surface area contributed by atoms with Crippen molar-refractivity contribution < 1.29 is 8.10 Å². The van der Waals surface area contributed by atoms with E-state index in [2.05, 4.69) is 20.2 Å². The van der Waals surface area contributed by atoms with Crippen LogP contribution in [0, 0.1) is 0 Å². The molecule has 0 bridgehead atoms. The zero-order valence-corrected chi connectivity index (χ0v) is 8.19. The molecule has 0 aliphatic heterocycles. The second-order valence-electron chi connectivity index (χ2n) is 2.16. The highest BCUT2D eigenvalue weighted by atomic mass is 127. The zero-order chi connectivity index (χ0) is 7.94. The van der Waals surface area contributed by atoms with Crippen LogP contribution in [-0.4, -0.2) is 11.5 Å². The van der Waals surface area contributed by atoms with Gasteiger partial charge >= 0.3 is 0 Å². The molecular formula is C8H10IO2+. The van der Waals surface area contributed by atoms with E-state index in [4.69, 9.17) is 0 Å². The summed E-state index contributed by atoms with van der Waals surface area (Å²) in [5.41, 5.74) is 1.30. The molecule has 11 heavy (non-hydrogen) atoms. The summed E-state index contributed by atoms with van der Waals surface area (Å²) in [6, 6.07) is 10.2. The highest BCUT2D eigenvalue weighted by Gasteiger charge is 1.94. The van der Waals surface area contributed by atoms with Crippen LogP contribution in [0.1, 0.15) is 5.56 Å². The number of aliphatic hydroxyl groups is 1. The maximum absolute atomic E-state index is 4.56. The van der Waals surface area contributed by atoms with Crippen LogP contribution in [0.15, 0.2) is 30.3 Å². The first-order chi connectivity index (χ1) is 5.43. The van der Waals surface area contributed by atoms with Crippen LogP contribution in [-0.2, 0) is 9.64 Å². The average Bonchev–Trinajstić information content (AvgIpc) is 2.07. The quantitative estimate of drug-likeness (QED) is 0.268. The second kappa shape index (κ2) is 5.51. The predicted molar refractivity (Wildman–Crippen MR) is 52.3 cm³/mol. The first-order valence-electron chi connectivity index (χ1n) is 3.42. The van der Waals surface area contributed by atoms with Gasteiger partial charge in [0.25, 0.3) is 0 Å². The summed E-state index contributed by atoms with van der Waals surface area (Å²) < 4.78 is 4.56. The van der Waals surface area contributed by atoms with E-state index in [1.807, 2.05) is 18.2 Å². The van der Waals surface area contributed by atoms with Gasteiger partial charge in [0.2, 0.25) is 23.0 Å². The molecule has 0 amide bonds. The topological polar surface area (TPSA) is 22.0 Å². The summed E-state index contributed by atoms with van der Waals surface area (Å²) in [5.74, 6) is 0. The third kappa shape index (κ3) is 3.69. The molecular weight excluding hydrogens is 255 g/mol. The molecule has 2 nitrogen and oxygen atoms in total. The van der Waals surface area contributed by atoms with Crippen molar-refractivity contribution in [3.05, 3.63) is 35.9 Å².